The molecule has 0 spiro atoms. The van der Waals surface area contributed by atoms with Gasteiger partial charge in [0.05, 0.1) is 0 Å². The Balaban J connectivity index is 2.43. The molecule has 7 heteroatoms. The number of halogens is 1. The lowest BCUT2D eigenvalue weighted by Gasteiger charge is -2.00. The number of amides is 1. The van der Waals surface area contributed by atoms with Crippen LogP contribution in [0.4, 0.5) is 5.82 Å². The summed E-state index contributed by atoms with van der Waals surface area (Å²) in [5, 5.41) is 13.1. The fourth-order valence-electron chi connectivity index (χ4n) is 1.14. The second-order valence-electron chi connectivity index (χ2n) is 3.17. The van der Waals surface area contributed by atoms with Crippen LogP contribution in [0.5, 0.6) is 0 Å². The van der Waals surface area contributed by atoms with Crippen LogP contribution in [0.1, 0.15) is 23.3 Å². The Morgan fingerprint density at radius 3 is 2.81 bits per heavy atom. The molecule has 1 aromatic heterocycles. The SMILES string of the molecule is O=C(NCCCCI)c1ccc([N+](=O)[O-])[nH]1. The minimum absolute atomic E-state index is 0.169. The van der Waals surface area contributed by atoms with Gasteiger partial charge in [-0.05, 0) is 28.3 Å². The number of aromatic nitrogens is 1. The highest BCUT2D eigenvalue weighted by atomic mass is 127. The first-order valence-electron chi connectivity index (χ1n) is 4.82. The molecular weight excluding hydrogens is 325 g/mol. The molecule has 1 aromatic rings. The van der Waals surface area contributed by atoms with Crippen molar-refractivity contribution in [2.45, 2.75) is 12.8 Å². The maximum atomic E-state index is 11.5. The first-order chi connectivity index (χ1) is 7.65. The number of H-pyrrole nitrogens is 1. The van der Waals surface area contributed by atoms with E-state index in [0.717, 1.165) is 17.3 Å². The number of aromatic amines is 1. The number of rotatable bonds is 6. The van der Waals surface area contributed by atoms with Crippen molar-refractivity contribution < 1.29 is 9.72 Å². The van der Waals surface area contributed by atoms with E-state index in [9.17, 15) is 14.9 Å². The minimum Gasteiger partial charge on any atom is -0.358 e. The Morgan fingerprint density at radius 1 is 1.50 bits per heavy atom. The van der Waals surface area contributed by atoms with Crippen LogP contribution >= 0.6 is 22.6 Å². The van der Waals surface area contributed by atoms with Gasteiger partial charge in [-0.15, -0.1) is 0 Å². The number of carbonyl (C=O) groups is 1. The molecule has 0 radical (unpaired) electrons. The number of unbranched alkanes of at least 4 members (excludes halogenated alkanes) is 1. The predicted molar refractivity (Wildman–Crippen MR) is 67.9 cm³/mol. The number of hydrogen-bond acceptors (Lipinski definition) is 3. The average molecular weight is 337 g/mol. The van der Waals surface area contributed by atoms with Gasteiger partial charge in [-0.3, -0.25) is 4.79 Å². The van der Waals surface area contributed by atoms with Gasteiger partial charge in [0.15, 0.2) is 5.69 Å². The van der Waals surface area contributed by atoms with Crippen LogP contribution in [0, 0.1) is 10.1 Å². The molecule has 1 amide bonds. The zero-order chi connectivity index (χ0) is 12.0. The molecule has 0 fully saturated rings. The molecule has 0 bridgehead atoms. The molecule has 6 nitrogen and oxygen atoms in total. The summed E-state index contributed by atoms with van der Waals surface area (Å²) >= 11 is 2.27. The molecule has 1 rings (SSSR count). The number of nitrogens with one attached hydrogen (secondary N) is 2. The van der Waals surface area contributed by atoms with E-state index in [-0.39, 0.29) is 17.4 Å². The first kappa shape index (κ1) is 12.9. The topological polar surface area (TPSA) is 88.0 Å². The Hall–Kier alpha value is -1.12. The van der Waals surface area contributed by atoms with Crippen molar-refractivity contribution in [3.8, 4) is 0 Å². The van der Waals surface area contributed by atoms with Crippen LogP contribution in [-0.2, 0) is 0 Å². The Labute approximate surface area is 106 Å². The third kappa shape index (κ3) is 3.80. The third-order valence-electron chi connectivity index (χ3n) is 1.96. The smallest absolute Gasteiger partial charge is 0.321 e. The lowest BCUT2D eigenvalue weighted by Crippen LogP contribution is -2.24. The van der Waals surface area contributed by atoms with Crippen molar-refractivity contribution in [1.29, 1.82) is 0 Å². The van der Waals surface area contributed by atoms with Gasteiger partial charge in [-0.2, -0.15) is 0 Å². The fraction of sp³-hybridized carbons (Fsp3) is 0.444. The van der Waals surface area contributed by atoms with Crippen LogP contribution in [-0.4, -0.2) is 26.8 Å². The van der Waals surface area contributed by atoms with Gasteiger partial charge >= 0.3 is 5.82 Å². The second-order valence-corrected chi connectivity index (χ2v) is 4.25. The number of nitrogens with zero attached hydrogens (tertiary/aromatic N) is 1. The van der Waals surface area contributed by atoms with Crippen molar-refractivity contribution in [3.63, 3.8) is 0 Å². The average Bonchev–Trinajstić information content (AvgIpc) is 2.73. The lowest BCUT2D eigenvalue weighted by atomic mass is 10.3. The molecule has 0 aliphatic heterocycles. The quantitative estimate of drug-likeness (QED) is 0.273. The van der Waals surface area contributed by atoms with Gasteiger partial charge in [0, 0.05) is 12.6 Å². The molecule has 0 aliphatic carbocycles. The van der Waals surface area contributed by atoms with Crippen LogP contribution in [0.2, 0.25) is 0 Å². The van der Waals surface area contributed by atoms with Gasteiger partial charge in [-0.1, -0.05) is 22.6 Å². The summed E-state index contributed by atoms with van der Waals surface area (Å²) in [6.07, 6.45) is 1.96. The molecule has 0 aromatic carbocycles. The number of alkyl halides is 1. The minimum atomic E-state index is -0.563. The highest BCUT2D eigenvalue weighted by molar-refractivity contribution is 14.1. The summed E-state index contributed by atoms with van der Waals surface area (Å²) in [6.45, 7) is 0.592. The molecular formula is C9H12IN3O3. The molecule has 0 saturated heterocycles. The van der Waals surface area contributed by atoms with E-state index in [0.29, 0.717) is 6.54 Å². The van der Waals surface area contributed by atoms with E-state index in [2.05, 4.69) is 32.9 Å². The summed E-state index contributed by atoms with van der Waals surface area (Å²) in [4.78, 5) is 23.7. The third-order valence-corrected chi connectivity index (χ3v) is 2.72. The lowest BCUT2D eigenvalue weighted by molar-refractivity contribution is -0.389. The Morgan fingerprint density at radius 2 is 2.25 bits per heavy atom. The van der Waals surface area contributed by atoms with Gasteiger partial charge < -0.3 is 15.4 Å². The van der Waals surface area contributed by atoms with Crippen molar-refractivity contribution in [3.05, 3.63) is 27.9 Å². The van der Waals surface area contributed by atoms with E-state index in [4.69, 9.17) is 0 Å². The molecule has 88 valence electrons. The van der Waals surface area contributed by atoms with E-state index in [1.54, 1.807) is 0 Å². The first-order valence-corrected chi connectivity index (χ1v) is 6.35. The molecule has 0 atom stereocenters. The molecule has 16 heavy (non-hydrogen) atoms. The standard InChI is InChI=1S/C9H12IN3O3/c10-5-1-2-6-11-9(14)7-3-4-8(12-7)13(15)16/h3-4,12H,1-2,5-6H2,(H,11,14). The summed E-state index contributed by atoms with van der Waals surface area (Å²) in [5.41, 5.74) is 0.223. The molecule has 2 N–H and O–H groups in total. The predicted octanol–water partition coefficient (Wildman–Crippen LogP) is 1.87. The van der Waals surface area contributed by atoms with E-state index in [1.165, 1.54) is 12.1 Å². The van der Waals surface area contributed by atoms with E-state index >= 15 is 0 Å². The van der Waals surface area contributed by atoms with E-state index in [1.807, 2.05) is 0 Å². The number of nitro groups is 1. The van der Waals surface area contributed by atoms with Gasteiger partial charge in [0.2, 0.25) is 0 Å². The summed E-state index contributed by atoms with van der Waals surface area (Å²) < 4.78 is 1.06. The number of carbonyl (C=O) groups excluding carboxylic acids is 1. The molecule has 0 saturated carbocycles. The summed E-state index contributed by atoms with van der Waals surface area (Å²) in [6, 6.07) is 2.69. The molecule has 0 aliphatic rings. The van der Waals surface area contributed by atoms with Crippen LogP contribution in [0.25, 0.3) is 0 Å². The maximum Gasteiger partial charge on any atom is 0.321 e. The second kappa shape index (κ2) is 6.46. The monoisotopic (exact) mass is 337 g/mol. The zero-order valence-corrected chi connectivity index (χ0v) is 10.7. The highest BCUT2D eigenvalue weighted by Crippen LogP contribution is 2.09. The zero-order valence-electron chi connectivity index (χ0n) is 8.53. The number of hydrogen-bond donors (Lipinski definition) is 2. The summed E-state index contributed by atoms with van der Waals surface area (Å²) in [7, 11) is 0. The largest absolute Gasteiger partial charge is 0.358 e. The van der Waals surface area contributed by atoms with E-state index < -0.39 is 4.92 Å². The normalized spacial score (nSPS) is 10.1. The van der Waals surface area contributed by atoms with Crippen molar-refractivity contribution >= 4 is 34.3 Å². The molecule has 0 unspecified atom stereocenters. The van der Waals surface area contributed by atoms with Crippen LogP contribution in [0.3, 0.4) is 0 Å². The van der Waals surface area contributed by atoms with Gasteiger partial charge in [0.25, 0.3) is 5.91 Å². The summed E-state index contributed by atoms with van der Waals surface area (Å²) in [5.74, 6) is -0.473. The maximum absolute atomic E-state index is 11.5. The fourth-order valence-corrected chi connectivity index (χ4v) is 1.68. The van der Waals surface area contributed by atoms with Gasteiger partial charge in [-0.25, -0.2) is 4.98 Å². The molecule has 1 heterocycles. The Bertz CT molecular complexity index is 378. The van der Waals surface area contributed by atoms with Crippen molar-refractivity contribution in [2.75, 3.05) is 11.0 Å². The van der Waals surface area contributed by atoms with Crippen LogP contribution in [0.15, 0.2) is 12.1 Å². The van der Waals surface area contributed by atoms with Crippen LogP contribution < -0.4 is 5.32 Å². The Kier molecular flexibility index (Phi) is 5.23. The van der Waals surface area contributed by atoms with Crippen molar-refractivity contribution in [1.82, 2.24) is 10.3 Å². The highest BCUT2D eigenvalue weighted by Gasteiger charge is 2.14. The van der Waals surface area contributed by atoms with Gasteiger partial charge in [0.1, 0.15) is 0 Å². The van der Waals surface area contributed by atoms with Crippen molar-refractivity contribution in [2.24, 2.45) is 0 Å².